The fraction of sp³-hybridized carbons (Fsp3) is 0.333. The number of hydrogen-bond donors (Lipinski definition) is 0. The largest absolute Gasteiger partial charge is 0.450 e. The zero-order valence-corrected chi connectivity index (χ0v) is 19.5. The topological polar surface area (TPSA) is 84.9 Å². The molecule has 9 heteroatoms. The molecule has 0 radical (unpaired) electrons. The van der Waals surface area contributed by atoms with Gasteiger partial charge in [-0.2, -0.15) is 9.36 Å². The van der Waals surface area contributed by atoms with Crippen molar-refractivity contribution in [1.82, 2.24) is 19.2 Å². The van der Waals surface area contributed by atoms with Gasteiger partial charge in [0, 0.05) is 49.7 Å². The van der Waals surface area contributed by atoms with Gasteiger partial charge in [0.1, 0.15) is 5.75 Å². The van der Waals surface area contributed by atoms with Crippen molar-refractivity contribution in [3.8, 4) is 10.9 Å². The maximum absolute atomic E-state index is 12.8. The Morgan fingerprint density at radius 2 is 1.64 bits per heavy atom. The minimum absolute atomic E-state index is 0.0682. The second kappa shape index (κ2) is 10.4. The molecule has 0 N–H and O–H groups in total. The van der Waals surface area contributed by atoms with E-state index in [1.807, 2.05) is 0 Å². The molecule has 8 nitrogen and oxygen atoms in total. The van der Waals surface area contributed by atoms with Gasteiger partial charge in [-0.15, -0.1) is 0 Å². The van der Waals surface area contributed by atoms with Crippen molar-refractivity contribution in [1.29, 1.82) is 0 Å². The molecule has 2 amide bonds. The average molecular weight is 467 g/mol. The summed E-state index contributed by atoms with van der Waals surface area (Å²) in [4.78, 5) is 32.4. The summed E-state index contributed by atoms with van der Waals surface area (Å²) in [5, 5.41) is 0.464. The van der Waals surface area contributed by atoms with E-state index in [-0.39, 0.29) is 12.0 Å². The summed E-state index contributed by atoms with van der Waals surface area (Å²) in [5.41, 5.74) is 2.94. The van der Waals surface area contributed by atoms with E-state index in [2.05, 4.69) is 40.5 Å². The highest BCUT2D eigenvalue weighted by Crippen LogP contribution is 2.25. The molecule has 3 aromatic rings. The zero-order chi connectivity index (χ0) is 23.2. The van der Waals surface area contributed by atoms with Gasteiger partial charge in [-0.3, -0.25) is 4.79 Å². The Morgan fingerprint density at radius 1 is 0.970 bits per heavy atom. The molecule has 4 rings (SSSR count). The second-order valence-electron chi connectivity index (χ2n) is 7.74. The summed E-state index contributed by atoms with van der Waals surface area (Å²) in [6, 6.07) is 15.3. The smallest absolute Gasteiger partial charge is 0.409 e. The average Bonchev–Trinajstić information content (AvgIpc) is 3.27. The van der Waals surface area contributed by atoms with Gasteiger partial charge in [0.05, 0.1) is 6.61 Å². The zero-order valence-electron chi connectivity index (χ0n) is 18.7. The number of carbonyl (C=O) groups excluding carboxylic acids is 2. The number of rotatable bonds is 6. The fourth-order valence-corrected chi connectivity index (χ4v) is 4.06. The third kappa shape index (κ3) is 5.87. The number of ether oxygens (including phenoxy) is 2. The molecular weight excluding hydrogens is 440 g/mol. The van der Waals surface area contributed by atoms with Crippen LogP contribution in [0.5, 0.6) is 10.9 Å². The van der Waals surface area contributed by atoms with E-state index in [0.29, 0.717) is 61.5 Å². The van der Waals surface area contributed by atoms with Gasteiger partial charge in [0.15, 0.2) is 5.82 Å². The molecule has 0 bridgehead atoms. The Labute approximate surface area is 196 Å². The van der Waals surface area contributed by atoms with Gasteiger partial charge in [-0.05, 0) is 43.7 Å². The number of piperazine rings is 1. The minimum Gasteiger partial charge on any atom is -0.450 e. The number of aryl methyl sites for hydroxylation is 1. The first kappa shape index (κ1) is 22.7. The van der Waals surface area contributed by atoms with E-state index in [9.17, 15) is 9.59 Å². The second-order valence-corrected chi connectivity index (χ2v) is 8.46. The van der Waals surface area contributed by atoms with E-state index >= 15 is 0 Å². The quantitative estimate of drug-likeness (QED) is 0.543. The maximum Gasteiger partial charge on any atom is 0.409 e. The third-order valence-electron chi connectivity index (χ3n) is 5.33. The van der Waals surface area contributed by atoms with E-state index in [0.717, 1.165) is 5.56 Å². The summed E-state index contributed by atoms with van der Waals surface area (Å²) in [5.74, 6) is 1.24. The summed E-state index contributed by atoms with van der Waals surface area (Å²) in [6.07, 6.45) is 0.321. The van der Waals surface area contributed by atoms with Crippen LogP contribution in [0, 0.1) is 6.92 Å². The molecule has 0 aliphatic carbocycles. The molecule has 2 aromatic carbocycles. The van der Waals surface area contributed by atoms with E-state index in [1.165, 1.54) is 17.1 Å². The van der Waals surface area contributed by atoms with Crippen LogP contribution in [0.4, 0.5) is 4.79 Å². The Morgan fingerprint density at radius 3 is 2.30 bits per heavy atom. The van der Waals surface area contributed by atoms with Crippen LogP contribution in [-0.4, -0.2) is 63.9 Å². The van der Waals surface area contributed by atoms with E-state index < -0.39 is 0 Å². The Kier molecular flexibility index (Phi) is 7.19. The number of amides is 2. The summed E-state index contributed by atoms with van der Waals surface area (Å²) < 4.78 is 15.2. The third-order valence-corrected chi connectivity index (χ3v) is 5.96. The first-order chi connectivity index (χ1) is 16.0. The summed E-state index contributed by atoms with van der Waals surface area (Å²) in [6.45, 7) is 6.07. The number of nitrogens with zero attached hydrogens (tertiary/aromatic N) is 4. The number of benzene rings is 2. The molecule has 0 unspecified atom stereocenters. The highest BCUT2D eigenvalue weighted by Gasteiger charge is 2.25. The van der Waals surface area contributed by atoms with Crippen LogP contribution >= 0.6 is 11.5 Å². The molecule has 1 aliphatic heterocycles. The monoisotopic (exact) mass is 466 g/mol. The van der Waals surface area contributed by atoms with Crippen LogP contribution in [0.3, 0.4) is 0 Å². The molecule has 0 spiro atoms. The Hall–Kier alpha value is -3.46. The van der Waals surface area contributed by atoms with Crippen molar-refractivity contribution in [2.45, 2.75) is 20.3 Å². The van der Waals surface area contributed by atoms with Crippen molar-refractivity contribution < 1.29 is 19.1 Å². The molecule has 172 valence electrons. The molecule has 1 aliphatic rings. The fourth-order valence-electron chi connectivity index (χ4n) is 3.50. The van der Waals surface area contributed by atoms with Gasteiger partial charge in [0.2, 0.25) is 0 Å². The lowest BCUT2D eigenvalue weighted by Gasteiger charge is -2.34. The predicted octanol–water partition coefficient (Wildman–Crippen LogP) is 4.14. The highest BCUT2D eigenvalue weighted by atomic mass is 32.1. The van der Waals surface area contributed by atoms with Gasteiger partial charge < -0.3 is 19.3 Å². The van der Waals surface area contributed by atoms with Crippen molar-refractivity contribution in [3.05, 3.63) is 71.0 Å². The Bertz CT molecular complexity index is 1090. The van der Waals surface area contributed by atoms with Gasteiger partial charge in [0.25, 0.3) is 11.1 Å². The molecule has 1 fully saturated rings. The van der Waals surface area contributed by atoms with Gasteiger partial charge >= 0.3 is 6.09 Å². The van der Waals surface area contributed by atoms with Crippen LogP contribution < -0.4 is 4.74 Å². The van der Waals surface area contributed by atoms with Crippen molar-refractivity contribution in [3.63, 3.8) is 0 Å². The number of carbonyl (C=O) groups is 2. The molecule has 33 heavy (non-hydrogen) atoms. The van der Waals surface area contributed by atoms with Crippen LogP contribution in [-0.2, 0) is 11.2 Å². The predicted molar refractivity (Wildman–Crippen MR) is 125 cm³/mol. The van der Waals surface area contributed by atoms with Crippen molar-refractivity contribution >= 4 is 23.5 Å². The summed E-state index contributed by atoms with van der Waals surface area (Å²) >= 11 is 1.20. The van der Waals surface area contributed by atoms with E-state index in [4.69, 9.17) is 9.47 Å². The molecule has 1 saturated heterocycles. The normalized spacial score (nSPS) is 13.6. The van der Waals surface area contributed by atoms with Crippen molar-refractivity contribution in [2.75, 3.05) is 32.8 Å². The standard InChI is InChI=1S/C24H26N4O4S/c1-3-31-24(30)28-14-12-27(13-15-28)22(29)19-8-10-20(11-9-19)32-23-25-21(26-33-23)16-18-6-4-17(2)5-7-18/h4-11H,3,12-16H2,1-2H3. The Balaban J connectivity index is 1.30. The van der Waals surface area contributed by atoms with Crippen LogP contribution in [0.15, 0.2) is 48.5 Å². The lowest BCUT2D eigenvalue weighted by Crippen LogP contribution is -2.50. The SMILES string of the molecule is CCOC(=O)N1CCN(C(=O)c2ccc(Oc3nc(Cc4ccc(C)cc4)ns3)cc2)CC1. The molecule has 0 saturated carbocycles. The first-order valence-electron chi connectivity index (χ1n) is 10.9. The lowest BCUT2D eigenvalue weighted by atomic mass is 10.1. The van der Waals surface area contributed by atoms with Gasteiger partial charge in [-0.25, -0.2) is 4.79 Å². The van der Waals surface area contributed by atoms with Crippen LogP contribution in [0.25, 0.3) is 0 Å². The van der Waals surface area contributed by atoms with E-state index in [1.54, 1.807) is 41.0 Å². The molecule has 1 aromatic heterocycles. The maximum atomic E-state index is 12.8. The first-order valence-corrected chi connectivity index (χ1v) is 11.7. The molecular formula is C24H26N4O4S. The van der Waals surface area contributed by atoms with Gasteiger partial charge in [-0.1, -0.05) is 29.8 Å². The molecule has 0 atom stereocenters. The number of hydrogen-bond acceptors (Lipinski definition) is 7. The van der Waals surface area contributed by atoms with Crippen LogP contribution in [0.1, 0.15) is 34.2 Å². The minimum atomic E-state index is -0.329. The summed E-state index contributed by atoms with van der Waals surface area (Å²) in [7, 11) is 0. The highest BCUT2D eigenvalue weighted by molar-refractivity contribution is 7.07. The van der Waals surface area contributed by atoms with Crippen molar-refractivity contribution in [2.24, 2.45) is 0 Å². The van der Waals surface area contributed by atoms with Crippen LogP contribution in [0.2, 0.25) is 0 Å². The lowest BCUT2D eigenvalue weighted by molar-refractivity contribution is 0.0570. The number of aromatic nitrogens is 2. The molecule has 2 heterocycles.